The molecule has 4 heteroatoms. The average molecular weight is 351 g/mol. The van der Waals surface area contributed by atoms with Gasteiger partial charge in [0.1, 0.15) is 5.82 Å². The first-order valence-electron chi connectivity index (χ1n) is 10.5. The van der Waals surface area contributed by atoms with Crippen molar-refractivity contribution in [1.82, 2.24) is 14.7 Å². The Morgan fingerprint density at radius 1 is 1.12 bits per heavy atom. The summed E-state index contributed by atoms with van der Waals surface area (Å²) in [7, 11) is 0. The molecule has 4 nitrogen and oxygen atoms in total. The van der Waals surface area contributed by atoms with Crippen molar-refractivity contribution >= 4 is 11.4 Å². The van der Waals surface area contributed by atoms with E-state index in [1.54, 1.807) is 0 Å². The van der Waals surface area contributed by atoms with Gasteiger partial charge in [0.25, 0.3) is 5.91 Å². The van der Waals surface area contributed by atoms with Crippen LogP contribution in [0, 0.1) is 23.7 Å². The van der Waals surface area contributed by atoms with Crippen LogP contribution in [-0.4, -0.2) is 21.3 Å². The number of aryl methyl sites for hydroxylation is 1. The van der Waals surface area contributed by atoms with E-state index in [1.165, 1.54) is 38.5 Å². The Morgan fingerprint density at radius 3 is 2.69 bits per heavy atom. The minimum atomic E-state index is 0.0216. The molecule has 0 spiro atoms. The fourth-order valence-corrected chi connectivity index (χ4v) is 6.20. The van der Waals surface area contributed by atoms with Gasteiger partial charge in [0.15, 0.2) is 5.69 Å². The van der Waals surface area contributed by atoms with Crippen molar-refractivity contribution in [2.45, 2.75) is 64.3 Å². The molecule has 5 unspecified atom stereocenters. The lowest BCUT2D eigenvalue weighted by atomic mass is 9.79. The number of nitrogens with one attached hydrogen (secondary N) is 1. The molecular formula is C22H29N3O. The minimum Gasteiger partial charge on any atom is -0.348 e. The fourth-order valence-electron chi connectivity index (χ4n) is 6.20. The van der Waals surface area contributed by atoms with Crippen molar-refractivity contribution in [3.8, 4) is 0 Å². The third-order valence-corrected chi connectivity index (χ3v) is 7.09. The lowest BCUT2D eigenvalue weighted by Crippen LogP contribution is -2.37. The Hall–Kier alpha value is -1.84. The van der Waals surface area contributed by atoms with Crippen LogP contribution >= 0.6 is 0 Å². The van der Waals surface area contributed by atoms with Crippen molar-refractivity contribution in [2.75, 3.05) is 0 Å². The van der Waals surface area contributed by atoms with Crippen LogP contribution in [0.5, 0.6) is 0 Å². The first-order valence-corrected chi connectivity index (χ1v) is 10.5. The molecule has 0 saturated heterocycles. The maximum atomic E-state index is 13.1. The molecule has 26 heavy (non-hydrogen) atoms. The van der Waals surface area contributed by atoms with Crippen LogP contribution in [0.1, 0.15) is 68.2 Å². The first kappa shape index (κ1) is 16.3. The van der Waals surface area contributed by atoms with Crippen molar-refractivity contribution in [3.05, 3.63) is 35.9 Å². The third-order valence-electron chi connectivity index (χ3n) is 7.09. The molecule has 2 heterocycles. The van der Waals surface area contributed by atoms with E-state index in [0.29, 0.717) is 11.7 Å². The van der Waals surface area contributed by atoms with Gasteiger partial charge < -0.3 is 9.72 Å². The summed E-state index contributed by atoms with van der Waals surface area (Å²) < 4.78 is 2.08. The summed E-state index contributed by atoms with van der Waals surface area (Å²) in [5.74, 6) is 4.60. The van der Waals surface area contributed by atoms with Crippen LogP contribution in [0.4, 0.5) is 0 Å². The highest BCUT2D eigenvalue weighted by Gasteiger charge is 2.44. The maximum absolute atomic E-state index is 13.1. The molecule has 0 aliphatic heterocycles. The molecule has 0 aromatic carbocycles. The van der Waals surface area contributed by atoms with E-state index < -0.39 is 0 Å². The molecule has 2 aromatic heterocycles. The van der Waals surface area contributed by atoms with Gasteiger partial charge in [-0.25, -0.2) is 4.98 Å². The number of fused-ring (bicyclic) bond motifs is 3. The molecule has 3 saturated carbocycles. The summed E-state index contributed by atoms with van der Waals surface area (Å²) >= 11 is 0. The number of hydrogen-bond acceptors (Lipinski definition) is 2. The quantitative estimate of drug-likeness (QED) is 0.896. The molecule has 1 N–H and O–H groups in total. The standard InChI is InChI=1S/C22H29N3O/c1-2-5-20-24-21(19-6-3-4-7-25(19)20)22(26)23-18-12-15-8-14-9-16(11-15)17(10-14)13-18/h3-4,6-7,14-18H,2,5,8-13H2,1H3,(H,23,26). The molecular weight excluding hydrogens is 322 g/mol. The Kier molecular flexibility index (Phi) is 4.02. The number of imidazole rings is 1. The molecule has 3 fully saturated rings. The van der Waals surface area contributed by atoms with E-state index in [4.69, 9.17) is 4.98 Å². The summed E-state index contributed by atoms with van der Waals surface area (Å²) in [5.41, 5.74) is 1.54. The summed E-state index contributed by atoms with van der Waals surface area (Å²) in [6.45, 7) is 2.15. The molecule has 1 amide bonds. The van der Waals surface area contributed by atoms with Crippen molar-refractivity contribution in [1.29, 1.82) is 0 Å². The zero-order chi connectivity index (χ0) is 17.7. The second-order valence-electron chi connectivity index (χ2n) is 8.92. The van der Waals surface area contributed by atoms with Gasteiger partial charge in [-0.2, -0.15) is 0 Å². The predicted octanol–water partition coefficient (Wildman–Crippen LogP) is 4.23. The van der Waals surface area contributed by atoms with Gasteiger partial charge in [-0.3, -0.25) is 4.79 Å². The van der Waals surface area contributed by atoms with Gasteiger partial charge in [-0.1, -0.05) is 13.0 Å². The Morgan fingerprint density at radius 2 is 1.88 bits per heavy atom. The molecule has 2 aromatic rings. The monoisotopic (exact) mass is 351 g/mol. The zero-order valence-electron chi connectivity index (χ0n) is 15.7. The normalized spacial score (nSPS) is 32.7. The van der Waals surface area contributed by atoms with E-state index in [1.807, 2.05) is 24.4 Å². The topological polar surface area (TPSA) is 46.4 Å². The highest BCUT2D eigenvalue weighted by Crippen LogP contribution is 2.53. The van der Waals surface area contributed by atoms with E-state index in [9.17, 15) is 4.79 Å². The number of amides is 1. The highest BCUT2D eigenvalue weighted by atomic mass is 16.2. The zero-order valence-corrected chi connectivity index (χ0v) is 15.7. The summed E-state index contributed by atoms with van der Waals surface area (Å²) in [6, 6.07) is 6.34. The lowest BCUT2D eigenvalue weighted by molar-refractivity contribution is 0.0920. The first-order chi connectivity index (χ1) is 12.7. The number of carbonyl (C=O) groups is 1. The van der Waals surface area contributed by atoms with Gasteiger partial charge >= 0.3 is 0 Å². The van der Waals surface area contributed by atoms with Crippen LogP contribution in [0.3, 0.4) is 0 Å². The van der Waals surface area contributed by atoms with E-state index in [2.05, 4.69) is 16.6 Å². The van der Waals surface area contributed by atoms with E-state index >= 15 is 0 Å². The number of rotatable bonds is 4. The average Bonchev–Trinajstić information content (AvgIpc) is 3.09. The van der Waals surface area contributed by atoms with Gasteiger partial charge in [-0.15, -0.1) is 0 Å². The van der Waals surface area contributed by atoms with Crippen molar-refractivity contribution in [2.24, 2.45) is 23.7 Å². The highest BCUT2D eigenvalue weighted by molar-refractivity contribution is 5.99. The van der Waals surface area contributed by atoms with E-state index in [-0.39, 0.29) is 5.91 Å². The number of nitrogens with zero attached hydrogens (tertiary/aromatic N) is 2. The van der Waals surface area contributed by atoms with Crippen LogP contribution < -0.4 is 5.32 Å². The van der Waals surface area contributed by atoms with Crippen molar-refractivity contribution in [3.63, 3.8) is 0 Å². The van der Waals surface area contributed by atoms with Gasteiger partial charge in [0.2, 0.25) is 0 Å². The third kappa shape index (κ3) is 2.74. The van der Waals surface area contributed by atoms with Crippen LogP contribution in [0.2, 0.25) is 0 Å². The number of pyridine rings is 1. The largest absolute Gasteiger partial charge is 0.348 e. The number of hydrogen-bond donors (Lipinski definition) is 1. The lowest BCUT2D eigenvalue weighted by Gasteiger charge is -2.28. The molecule has 5 rings (SSSR count). The Balaban J connectivity index is 1.38. The predicted molar refractivity (Wildman–Crippen MR) is 102 cm³/mol. The molecule has 138 valence electrons. The Bertz CT molecular complexity index is 824. The van der Waals surface area contributed by atoms with Gasteiger partial charge in [0.05, 0.1) is 5.52 Å². The Labute approximate surface area is 155 Å². The molecule has 3 bridgehead atoms. The van der Waals surface area contributed by atoms with Crippen LogP contribution in [0.15, 0.2) is 24.4 Å². The summed E-state index contributed by atoms with van der Waals surface area (Å²) in [5, 5.41) is 3.38. The summed E-state index contributed by atoms with van der Waals surface area (Å²) in [6.07, 6.45) is 12.0. The molecule has 3 aliphatic rings. The summed E-state index contributed by atoms with van der Waals surface area (Å²) in [4.78, 5) is 17.8. The fraction of sp³-hybridized carbons (Fsp3) is 0.636. The number of aromatic nitrogens is 2. The molecule has 3 aliphatic carbocycles. The second kappa shape index (κ2) is 6.40. The second-order valence-corrected chi connectivity index (χ2v) is 8.92. The minimum absolute atomic E-state index is 0.0216. The maximum Gasteiger partial charge on any atom is 0.272 e. The van der Waals surface area contributed by atoms with Gasteiger partial charge in [0, 0.05) is 18.7 Å². The van der Waals surface area contributed by atoms with Crippen molar-refractivity contribution < 1.29 is 4.79 Å². The molecule has 0 radical (unpaired) electrons. The SMILES string of the molecule is CCCc1nc(C(=O)NC2CC3CC4CC(C3)C(C4)C2)c2ccccn12. The molecule has 5 atom stereocenters. The van der Waals surface area contributed by atoms with Crippen LogP contribution in [0.25, 0.3) is 5.52 Å². The van der Waals surface area contributed by atoms with Gasteiger partial charge in [-0.05, 0) is 80.8 Å². The van der Waals surface area contributed by atoms with E-state index in [0.717, 1.165) is 47.9 Å². The van der Waals surface area contributed by atoms with Crippen LogP contribution in [-0.2, 0) is 6.42 Å². The number of carbonyl (C=O) groups excluding carboxylic acids is 1. The smallest absolute Gasteiger partial charge is 0.272 e.